The van der Waals surface area contributed by atoms with Crippen molar-refractivity contribution in [3.8, 4) is 0 Å². The number of nitrogens with one attached hydrogen (secondary N) is 1. The Hall–Kier alpha value is -3.15. The molecule has 0 spiro atoms. The van der Waals surface area contributed by atoms with Gasteiger partial charge in [0.15, 0.2) is 5.82 Å². The standard InChI is InChI=1S/C23H28N6/c1-17-8-7-11-21(18(17)2)28-12-14-29(15-13-28)23-26-22(16-24-27-23)25-19(3)20-9-5-4-6-10-20/h4-11,16,19H,12-15H2,1-3H3,(H,25,26,27). The van der Waals surface area contributed by atoms with Crippen LogP contribution in [0.25, 0.3) is 0 Å². The molecular weight excluding hydrogens is 360 g/mol. The molecule has 1 fully saturated rings. The first-order valence-corrected chi connectivity index (χ1v) is 10.2. The van der Waals surface area contributed by atoms with E-state index in [1.165, 1.54) is 22.4 Å². The molecule has 0 bridgehead atoms. The third kappa shape index (κ3) is 4.31. The molecule has 0 radical (unpaired) electrons. The molecule has 0 saturated carbocycles. The van der Waals surface area contributed by atoms with Crippen molar-refractivity contribution in [2.75, 3.05) is 41.3 Å². The van der Waals surface area contributed by atoms with Gasteiger partial charge in [-0.15, -0.1) is 5.10 Å². The molecule has 0 aliphatic carbocycles. The fourth-order valence-electron chi connectivity index (χ4n) is 3.77. The summed E-state index contributed by atoms with van der Waals surface area (Å²) in [6.45, 7) is 10.2. The second-order valence-electron chi connectivity index (χ2n) is 7.61. The van der Waals surface area contributed by atoms with Crippen molar-refractivity contribution in [2.45, 2.75) is 26.8 Å². The van der Waals surface area contributed by atoms with Gasteiger partial charge in [-0.3, -0.25) is 0 Å². The molecule has 1 N–H and O–H groups in total. The van der Waals surface area contributed by atoms with Gasteiger partial charge in [0, 0.05) is 37.9 Å². The highest BCUT2D eigenvalue weighted by atomic mass is 15.4. The van der Waals surface area contributed by atoms with E-state index < -0.39 is 0 Å². The predicted octanol–water partition coefficient (Wildman–Crippen LogP) is 3.99. The number of anilines is 3. The highest BCUT2D eigenvalue weighted by molar-refractivity contribution is 5.57. The highest BCUT2D eigenvalue weighted by Crippen LogP contribution is 2.25. The van der Waals surface area contributed by atoms with Gasteiger partial charge in [0.25, 0.3) is 0 Å². The summed E-state index contributed by atoms with van der Waals surface area (Å²) in [5, 5.41) is 11.9. The Labute approximate surface area is 172 Å². The van der Waals surface area contributed by atoms with Crippen LogP contribution in [0.2, 0.25) is 0 Å². The van der Waals surface area contributed by atoms with Crippen molar-refractivity contribution in [2.24, 2.45) is 0 Å². The van der Waals surface area contributed by atoms with Gasteiger partial charge in [0.1, 0.15) is 0 Å². The van der Waals surface area contributed by atoms with E-state index in [-0.39, 0.29) is 6.04 Å². The van der Waals surface area contributed by atoms with E-state index in [0.717, 1.165) is 32.0 Å². The zero-order chi connectivity index (χ0) is 20.2. The molecule has 1 unspecified atom stereocenters. The average Bonchev–Trinajstić information content (AvgIpc) is 2.77. The van der Waals surface area contributed by atoms with Crippen molar-refractivity contribution in [1.29, 1.82) is 0 Å². The zero-order valence-electron chi connectivity index (χ0n) is 17.3. The average molecular weight is 389 g/mol. The quantitative estimate of drug-likeness (QED) is 0.713. The maximum atomic E-state index is 4.71. The second-order valence-corrected chi connectivity index (χ2v) is 7.61. The Balaban J connectivity index is 1.41. The van der Waals surface area contributed by atoms with Crippen molar-refractivity contribution in [3.05, 3.63) is 71.4 Å². The van der Waals surface area contributed by atoms with Crippen molar-refractivity contribution >= 4 is 17.5 Å². The van der Waals surface area contributed by atoms with Gasteiger partial charge >= 0.3 is 0 Å². The Kier molecular flexibility index (Phi) is 5.60. The third-order valence-corrected chi connectivity index (χ3v) is 5.69. The van der Waals surface area contributed by atoms with Gasteiger partial charge in [-0.05, 0) is 43.5 Å². The molecule has 1 aliphatic heterocycles. The molecule has 1 atom stereocenters. The molecule has 1 saturated heterocycles. The number of aromatic nitrogens is 3. The number of aryl methyl sites for hydroxylation is 1. The first kappa shape index (κ1) is 19.2. The van der Waals surface area contributed by atoms with E-state index in [2.05, 4.69) is 76.4 Å². The van der Waals surface area contributed by atoms with E-state index in [1.54, 1.807) is 6.20 Å². The maximum absolute atomic E-state index is 4.71. The van der Waals surface area contributed by atoms with Crippen LogP contribution in [0.1, 0.15) is 29.7 Å². The van der Waals surface area contributed by atoms with E-state index >= 15 is 0 Å². The fourth-order valence-corrected chi connectivity index (χ4v) is 3.77. The highest BCUT2D eigenvalue weighted by Gasteiger charge is 2.21. The molecule has 0 amide bonds. The van der Waals surface area contributed by atoms with E-state index in [1.807, 2.05) is 18.2 Å². The lowest BCUT2D eigenvalue weighted by Crippen LogP contribution is -2.47. The Morgan fingerprint density at radius 2 is 1.62 bits per heavy atom. The Morgan fingerprint density at radius 3 is 2.38 bits per heavy atom. The SMILES string of the molecule is Cc1cccc(N2CCN(c3nncc(NC(C)c4ccccc4)n3)CC2)c1C. The van der Waals surface area contributed by atoms with Crippen molar-refractivity contribution < 1.29 is 0 Å². The molecule has 150 valence electrons. The molecule has 1 aliphatic rings. The van der Waals surface area contributed by atoms with Gasteiger partial charge in [-0.25, -0.2) is 0 Å². The normalized spacial score (nSPS) is 15.3. The van der Waals surface area contributed by atoms with E-state index in [9.17, 15) is 0 Å². The number of hydrogen-bond donors (Lipinski definition) is 1. The largest absolute Gasteiger partial charge is 0.368 e. The molecule has 3 aromatic rings. The summed E-state index contributed by atoms with van der Waals surface area (Å²) >= 11 is 0. The molecule has 2 heterocycles. The maximum Gasteiger partial charge on any atom is 0.247 e. The van der Waals surface area contributed by atoms with Crippen LogP contribution in [0.4, 0.5) is 17.5 Å². The van der Waals surface area contributed by atoms with Gasteiger partial charge in [0.2, 0.25) is 5.95 Å². The molecule has 6 heteroatoms. The van der Waals surface area contributed by atoms with Crippen LogP contribution in [0.5, 0.6) is 0 Å². The van der Waals surface area contributed by atoms with Crippen LogP contribution >= 0.6 is 0 Å². The third-order valence-electron chi connectivity index (χ3n) is 5.69. The lowest BCUT2D eigenvalue weighted by molar-refractivity contribution is 0.633. The van der Waals surface area contributed by atoms with Gasteiger partial charge in [-0.1, -0.05) is 42.5 Å². The molecular formula is C23H28N6. The minimum atomic E-state index is 0.155. The first-order chi connectivity index (χ1) is 14.1. The Bertz CT molecular complexity index is 951. The first-order valence-electron chi connectivity index (χ1n) is 10.2. The lowest BCUT2D eigenvalue weighted by atomic mass is 10.1. The topological polar surface area (TPSA) is 57.2 Å². The van der Waals surface area contributed by atoms with Crippen LogP contribution in [0.15, 0.2) is 54.7 Å². The molecule has 29 heavy (non-hydrogen) atoms. The summed E-state index contributed by atoms with van der Waals surface area (Å²) in [7, 11) is 0. The minimum Gasteiger partial charge on any atom is -0.368 e. The number of piperazine rings is 1. The number of nitrogens with zero attached hydrogens (tertiary/aromatic N) is 5. The molecule has 4 rings (SSSR count). The van der Waals surface area contributed by atoms with E-state index in [4.69, 9.17) is 4.98 Å². The van der Waals surface area contributed by atoms with Gasteiger partial charge in [0.05, 0.1) is 6.20 Å². The smallest absolute Gasteiger partial charge is 0.247 e. The second kappa shape index (κ2) is 8.47. The summed E-state index contributed by atoms with van der Waals surface area (Å²) in [5.41, 5.74) is 5.24. The van der Waals surface area contributed by atoms with Crippen LogP contribution < -0.4 is 15.1 Å². The zero-order valence-corrected chi connectivity index (χ0v) is 17.3. The summed E-state index contributed by atoms with van der Waals surface area (Å²) in [6, 6.07) is 17.0. The predicted molar refractivity (Wildman–Crippen MR) is 119 cm³/mol. The molecule has 2 aromatic carbocycles. The number of benzene rings is 2. The summed E-state index contributed by atoms with van der Waals surface area (Å²) in [6.07, 6.45) is 1.69. The summed E-state index contributed by atoms with van der Waals surface area (Å²) in [4.78, 5) is 9.38. The van der Waals surface area contributed by atoms with E-state index in [0.29, 0.717) is 5.95 Å². The summed E-state index contributed by atoms with van der Waals surface area (Å²) < 4.78 is 0. The van der Waals surface area contributed by atoms with Crippen molar-refractivity contribution in [3.63, 3.8) is 0 Å². The number of rotatable bonds is 5. The van der Waals surface area contributed by atoms with Gasteiger partial charge < -0.3 is 15.1 Å². The number of hydrogen-bond acceptors (Lipinski definition) is 6. The monoisotopic (exact) mass is 388 g/mol. The van der Waals surface area contributed by atoms with Crippen molar-refractivity contribution in [1.82, 2.24) is 15.2 Å². The summed E-state index contributed by atoms with van der Waals surface area (Å²) in [5.74, 6) is 1.44. The van der Waals surface area contributed by atoms with Crippen LogP contribution in [-0.4, -0.2) is 41.4 Å². The lowest BCUT2D eigenvalue weighted by Gasteiger charge is -2.36. The molecule has 1 aromatic heterocycles. The van der Waals surface area contributed by atoms with Crippen LogP contribution in [0.3, 0.4) is 0 Å². The van der Waals surface area contributed by atoms with Crippen LogP contribution in [-0.2, 0) is 0 Å². The van der Waals surface area contributed by atoms with Gasteiger partial charge in [-0.2, -0.15) is 10.1 Å². The minimum absolute atomic E-state index is 0.155. The van der Waals surface area contributed by atoms with Crippen LogP contribution in [0, 0.1) is 13.8 Å². The molecule has 6 nitrogen and oxygen atoms in total. The fraction of sp³-hybridized carbons (Fsp3) is 0.348. The Morgan fingerprint density at radius 1 is 0.897 bits per heavy atom.